The molecular weight excluding hydrogens is 352 g/mol. The Hall–Kier alpha value is -2.82. The van der Waals surface area contributed by atoms with Crippen molar-refractivity contribution in [1.29, 1.82) is 0 Å². The van der Waals surface area contributed by atoms with Crippen LogP contribution in [0.4, 0.5) is 11.4 Å². The quantitative estimate of drug-likeness (QED) is 0.726. The standard InChI is InChI=1S/C23H26N2O3/c1-2-3-14-28-20-10-7-17(8-11-20)22(26)24-19-9-6-16-12-13-25(21(16)15-19)23(27)18-4-5-18/h6-11,15,18H,2-5,12-14H2,1H3,(H,24,26). The molecule has 0 radical (unpaired) electrons. The molecule has 0 spiro atoms. The minimum Gasteiger partial charge on any atom is -0.494 e. The predicted molar refractivity (Wildman–Crippen MR) is 110 cm³/mol. The van der Waals surface area contributed by atoms with E-state index >= 15 is 0 Å². The number of fused-ring (bicyclic) bond motifs is 1. The van der Waals surface area contributed by atoms with Crippen LogP contribution in [0, 0.1) is 5.92 Å². The summed E-state index contributed by atoms with van der Waals surface area (Å²) >= 11 is 0. The third kappa shape index (κ3) is 4.03. The molecule has 1 aliphatic heterocycles. The Kier molecular flexibility index (Phi) is 5.33. The van der Waals surface area contributed by atoms with Crippen molar-refractivity contribution >= 4 is 23.2 Å². The highest BCUT2D eigenvalue weighted by atomic mass is 16.5. The Labute approximate surface area is 165 Å². The molecule has 28 heavy (non-hydrogen) atoms. The molecule has 0 atom stereocenters. The van der Waals surface area contributed by atoms with E-state index in [-0.39, 0.29) is 17.7 Å². The lowest BCUT2D eigenvalue weighted by molar-refractivity contribution is -0.119. The van der Waals surface area contributed by atoms with E-state index in [0.29, 0.717) is 17.9 Å². The summed E-state index contributed by atoms with van der Waals surface area (Å²) in [6.45, 7) is 3.55. The Morgan fingerprint density at radius 3 is 2.64 bits per heavy atom. The van der Waals surface area contributed by atoms with Gasteiger partial charge in [0.15, 0.2) is 0 Å². The molecular formula is C23H26N2O3. The number of hydrogen-bond acceptors (Lipinski definition) is 3. The smallest absolute Gasteiger partial charge is 0.255 e. The maximum atomic E-state index is 12.6. The molecule has 2 aliphatic rings. The number of hydrogen-bond donors (Lipinski definition) is 1. The number of nitrogens with zero attached hydrogens (tertiary/aromatic N) is 1. The number of rotatable bonds is 7. The third-order valence-electron chi connectivity index (χ3n) is 5.31. The van der Waals surface area contributed by atoms with E-state index in [4.69, 9.17) is 4.74 Å². The van der Waals surface area contributed by atoms with Crippen LogP contribution in [-0.2, 0) is 11.2 Å². The number of carbonyl (C=O) groups is 2. The molecule has 0 bridgehead atoms. The van der Waals surface area contributed by atoms with E-state index < -0.39 is 0 Å². The molecule has 1 aliphatic carbocycles. The van der Waals surface area contributed by atoms with Gasteiger partial charge in [-0.25, -0.2) is 0 Å². The maximum absolute atomic E-state index is 12.6. The van der Waals surface area contributed by atoms with Crippen LogP contribution in [0.25, 0.3) is 0 Å². The third-order valence-corrected chi connectivity index (χ3v) is 5.31. The van der Waals surface area contributed by atoms with Crippen LogP contribution in [0.15, 0.2) is 42.5 Å². The topological polar surface area (TPSA) is 58.6 Å². The summed E-state index contributed by atoms with van der Waals surface area (Å²) in [5.74, 6) is 1.03. The van der Waals surface area contributed by atoms with E-state index in [0.717, 1.165) is 50.1 Å². The van der Waals surface area contributed by atoms with Gasteiger partial charge < -0.3 is 15.0 Å². The number of unbranched alkanes of at least 4 members (excludes halogenated alkanes) is 1. The van der Waals surface area contributed by atoms with Crippen molar-refractivity contribution in [2.24, 2.45) is 5.92 Å². The zero-order chi connectivity index (χ0) is 19.5. The van der Waals surface area contributed by atoms with Gasteiger partial charge in [-0.15, -0.1) is 0 Å². The molecule has 5 heteroatoms. The zero-order valence-corrected chi connectivity index (χ0v) is 16.2. The Balaban J connectivity index is 1.42. The van der Waals surface area contributed by atoms with Crippen LogP contribution >= 0.6 is 0 Å². The molecule has 2 aromatic rings. The lowest BCUT2D eigenvalue weighted by atomic mass is 10.1. The van der Waals surface area contributed by atoms with Gasteiger partial charge in [0.25, 0.3) is 5.91 Å². The van der Waals surface area contributed by atoms with Crippen molar-refractivity contribution in [3.8, 4) is 5.75 Å². The fourth-order valence-corrected chi connectivity index (χ4v) is 3.48. The molecule has 0 saturated heterocycles. The second-order valence-corrected chi connectivity index (χ2v) is 7.54. The Morgan fingerprint density at radius 1 is 1.14 bits per heavy atom. The van der Waals surface area contributed by atoms with Crippen LogP contribution in [0.1, 0.15) is 48.5 Å². The molecule has 1 saturated carbocycles. The molecule has 0 unspecified atom stereocenters. The summed E-state index contributed by atoms with van der Waals surface area (Å²) < 4.78 is 5.64. The summed E-state index contributed by atoms with van der Waals surface area (Å²) in [6.07, 6.45) is 4.98. The van der Waals surface area contributed by atoms with Crippen LogP contribution in [0.5, 0.6) is 5.75 Å². The molecule has 146 valence electrons. The Morgan fingerprint density at radius 2 is 1.93 bits per heavy atom. The number of amides is 2. The summed E-state index contributed by atoms with van der Waals surface area (Å²) in [5, 5.41) is 2.95. The SMILES string of the molecule is CCCCOc1ccc(C(=O)Nc2ccc3c(c2)N(C(=O)C2CC2)CC3)cc1. The summed E-state index contributed by atoms with van der Waals surface area (Å²) in [4.78, 5) is 26.9. The highest BCUT2D eigenvalue weighted by Crippen LogP contribution is 2.37. The van der Waals surface area contributed by atoms with Crippen molar-refractivity contribution in [2.45, 2.75) is 39.0 Å². The zero-order valence-electron chi connectivity index (χ0n) is 16.2. The first kappa shape index (κ1) is 18.5. The molecule has 2 amide bonds. The molecule has 2 aromatic carbocycles. The van der Waals surface area contributed by atoms with Gasteiger partial charge in [0.1, 0.15) is 5.75 Å². The molecule has 0 aromatic heterocycles. The van der Waals surface area contributed by atoms with E-state index in [2.05, 4.69) is 12.2 Å². The fraction of sp³-hybridized carbons (Fsp3) is 0.391. The largest absolute Gasteiger partial charge is 0.494 e. The first-order valence-electron chi connectivity index (χ1n) is 10.1. The van der Waals surface area contributed by atoms with Crippen LogP contribution in [0.3, 0.4) is 0 Å². The predicted octanol–water partition coefficient (Wildman–Crippen LogP) is 4.42. The first-order valence-corrected chi connectivity index (χ1v) is 10.1. The van der Waals surface area contributed by atoms with Crippen molar-refractivity contribution in [2.75, 3.05) is 23.4 Å². The van der Waals surface area contributed by atoms with Gasteiger partial charge in [-0.2, -0.15) is 0 Å². The second-order valence-electron chi connectivity index (χ2n) is 7.54. The van der Waals surface area contributed by atoms with Crippen molar-refractivity contribution in [3.05, 3.63) is 53.6 Å². The minimum absolute atomic E-state index is 0.168. The minimum atomic E-state index is -0.168. The van der Waals surface area contributed by atoms with Gasteiger partial charge in [0.2, 0.25) is 5.91 Å². The van der Waals surface area contributed by atoms with Gasteiger partial charge >= 0.3 is 0 Å². The van der Waals surface area contributed by atoms with Gasteiger partial charge in [-0.05, 0) is 67.6 Å². The van der Waals surface area contributed by atoms with Gasteiger partial charge in [0.05, 0.1) is 6.61 Å². The van der Waals surface area contributed by atoms with Gasteiger partial charge in [-0.3, -0.25) is 9.59 Å². The highest BCUT2D eigenvalue weighted by Gasteiger charge is 2.36. The van der Waals surface area contributed by atoms with E-state index in [9.17, 15) is 9.59 Å². The van der Waals surface area contributed by atoms with Crippen molar-refractivity contribution < 1.29 is 14.3 Å². The number of ether oxygens (including phenoxy) is 1. The van der Waals surface area contributed by atoms with Gasteiger partial charge in [0, 0.05) is 29.4 Å². The van der Waals surface area contributed by atoms with Crippen LogP contribution < -0.4 is 15.0 Å². The van der Waals surface area contributed by atoms with E-state index in [1.54, 1.807) is 12.1 Å². The summed E-state index contributed by atoms with van der Waals surface area (Å²) in [5.41, 5.74) is 3.40. The van der Waals surface area contributed by atoms with Crippen LogP contribution in [-0.4, -0.2) is 25.0 Å². The number of benzene rings is 2. The lowest BCUT2D eigenvalue weighted by Gasteiger charge is -2.18. The summed E-state index contributed by atoms with van der Waals surface area (Å²) in [6, 6.07) is 13.0. The lowest BCUT2D eigenvalue weighted by Crippen LogP contribution is -2.30. The summed E-state index contributed by atoms with van der Waals surface area (Å²) in [7, 11) is 0. The second kappa shape index (κ2) is 8.05. The number of anilines is 2. The fourth-order valence-electron chi connectivity index (χ4n) is 3.48. The monoisotopic (exact) mass is 378 g/mol. The maximum Gasteiger partial charge on any atom is 0.255 e. The molecule has 5 nitrogen and oxygen atoms in total. The normalized spacial score (nSPS) is 15.2. The number of nitrogens with one attached hydrogen (secondary N) is 1. The molecule has 4 rings (SSSR count). The molecule has 1 heterocycles. The first-order chi connectivity index (χ1) is 13.7. The molecule has 1 fully saturated rings. The average Bonchev–Trinajstić information content (AvgIpc) is 3.48. The van der Waals surface area contributed by atoms with Gasteiger partial charge in [-0.1, -0.05) is 19.4 Å². The molecule has 1 N–H and O–H groups in total. The van der Waals surface area contributed by atoms with E-state index in [1.807, 2.05) is 35.2 Å². The van der Waals surface area contributed by atoms with E-state index in [1.165, 1.54) is 5.56 Å². The Bertz CT molecular complexity index is 872. The highest BCUT2D eigenvalue weighted by molar-refractivity contribution is 6.05. The number of carbonyl (C=O) groups excluding carboxylic acids is 2. The average molecular weight is 378 g/mol. The van der Waals surface area contributed by atoms with Crippen LogP contribution in [0.2, 0.25) is 0 Å². The van der Waals surface area contributed by atoms with Crippen molar-refractivity contribution in [1.82, 2.24) is 0 Å². The van der Waals surface area contributed by atoms with Crippen molar-refractivity contribution in [3.63, 3.8) is 0 Å².